The molecule has 1 aliphatic carbocycles. The number of amides is 1. The predicted molar refractivity (Wildman–Crippen MR) is 100 cm³/mol. The second kappa shape index (κ2) is 7.66. The van der Waals surface area contributed by atoms with Gasteiger partial charge in [-0.3, -0.25) is 0 Å². The van der Waals surface area contributed by atoms with Gasteiger partial charge in [-0.25, -0.2) is 4.79 Å². The lowest BCUT2D eigenvalue weighted by Crippen LogP contribution is -2.35. The number of benzene rings is 1. The molecular formula is C18H21BrN2O2S. The molecule has 3 rings (SSSR count). The lowest BCUT2D eigenvalue weighted by Gasteiger charge is -2.23. The Labute approximate surface area is 155 Å². The van der Waals surface area contributed by atoms with Crippen LogP contribution in [0.2, 0.25) is 0 Å². The monoisotopic (exact) mass is 408 g/mol. The van der Waals surface area contributed by atoms with Crippen LogP contribution in [-0.2, 0) is 11.3 Å². The van der Waals surface area contributed by atoms with Gasteiger partial charge in [0.05, 0.1) is 5.69 Å². The van der Waals surface area contributed by atoms with Gasteiger partial charge in [-0.15, -0.1) is 0 Å². The van der Waals surface area contributed by atoms with E-state index in [1.807, 2.05) is 38.2 Å². The molecule has 6 heteroatoms. The summed E-state index contributed by atoms with van der Waals surface area (Å²) in [5.41, 5.74) is 2.94. The molecule has 0 aliphatic heterocycles. The van der Waals surface area contributed by atoms with Crippen molar-refractivity contribution < 1.29 is 9.53 Å². The first-order valence-corrected chi connectivity index (χ1v) is 9.73. The van der Waals surface area contributed by atoms with E-state index in [0.29, 0.717) is 6.04 Å². The van der Waals surface area contributed by atoms with Crippen molar-refractivity contribution in [3.8, 4) is 11.3 Å². The van der Waals surface area contributed by atoms with Crippen molar-refractivity contribution in [1.82, 2.24) is 9.27 Å². The number of carbonyl (C=O) groups is 1. The molecular weight excluding hydrogens is 388 g/mol. The molecule has 0 spiro atoms. The van der Waals surface area contributed by atoms with Gasteiger partial charge in [0.25, 0.3) is 0 Å². The van der Waals surface area contributed by atoms with Gasteiger partial charge in [0.15, 0.2) is 0 Å². The summed E-state index contributed by atoms with van der Waals surface area (Å²) in [7, 11) is 1.84. The molecule has 1 amide bonds. The minimum absolute atomic E-state index is 0.241. The Morgan fingerprint density at radius 1 is 1.33 bits per heavy atom. The fourth-order valence-corrected chi connectivity index (χ4v) is 4.05. The molecule has 0 N–H and O–H groups in total. The van der Waals surface area contributed by atoms with E-state index in [0.717, 1.165) is 39.0 Å². The summed E-state index contributed by atoms with van der Waals surface area (Å²) in [6, 6.07) is 8.36. The highest BCUT2D eigenvalue weighted by Crippen LogP contribution is 2.30. The van der Waals surface area contributed by atoms with Gasteiger partial charge in [0, 0.05) is 33.6 Å². The molecule has 1 aromatic carbocycles. The van der Waals surface area contributed by atoms with E-state index in [9.17, 15) is 4.79 Å². The second-order valence-electron chi connectivity index (χ2n) is 6.18. The maximum Gasteiger partial charge on any atom is 0.410 e. The predicted octanol–water partition coefficient (Wildman–Crippen LogP) is 5.39. The molecule has 0 atom stereocenters. The van der Waals surface area contributed by atoms with E-state index in [-0.39, 0.29) is 12.7 Å². The SMILES string of the molecule is Cc1snc(-c2ccc(Br)cc2)c1COC(=O)N(C)C1CCCC1. The minimum Gasteiger partial charge on any atom is -0.444 e. The molecule has 1 saturated carbocycles. The van der Waals surface area contributed by atoms with Crippen molar-refractivity contribution in [3.63, 3.8) is 0 Å². The van der Waals surface area contributed by atoms with Crippen LogP contribution in [0.1, 0.15) is 36.1 Å². The van der Waals surface area contributed by atoms with E-state index in [4.69, 9.17) is 4.74 Å². The summed E-state index contributed by atoms with van der Waals surface area (Å²) in [5.74, 6) is 0. The van der Waals surface area contributed by atoms with Gasteiger partial charge in [0.2, 0.25) is 0 Å². The number of rotatable bonds is 4. The Bertz CT molecular complexity index is 708. The Morgan fingerprint density at radius 3 is 2.67 bits per heavy atom. The molecule has 4 nitrogen and oxygen atoms in total. The van der Waals surface area contributed by atoms with Crippen LogP contribution in [0.5, 0.6) is 0 Å². The zero-order valence-electron chi connectivity index (χ0n) is 13.9. The average Bonchev–Trinajstić information content (AvgIpc) is 3.23. The summed E-state index contributed by atoms with van der Waals surface area (Å²) < 4.78 is 11.1. The van der Waals surface area contributed by atoms with Crippen LogP contribution in [0.3, 0.4) is 0 Å². The van der Waals surface area contributed by atoms with Gasteiger partial charge in [-0.2, -0.15) is 4.37 Å². The van der Waals surface area contributed by atoms with E-state index in [1.165, 1.54) is 24.4 Å². The van der Waals surface area contributed by atoms with E-state index in [1.54, 1.807) is 4.90 Å². The molecule has 1 heterocycles. The molecule has 1 aromatic heterocycles. The molecule has 0 radical (unpaired) electrons. The summed E-state index contributed by atoms with van der Waals surface area (Å²) in [6.07, 6.45) is 4.31. The highest BCUT2D eigenvalue weighted by atomic mass is 79.9. The van der Waals surface area contributed by atoms with Crippen LogP contribution < -0.4 is 0 Å². The van der Waals surface area contributed by atoms with Crippen LogP contribution in [-0.4, -0.2) is 28.5 Å². The number of nitrogens with zero attached hydrogens (tertiary/aromatic N) is 2. The highest BCUT2D eigenvalue weighted by molar-refractivity contribution is 9.10. The van der Waals surface area contributed by atoms with Gasteiger partial charge >= 0.3 is 6.09 Å². The fourth-order valence-electron chi connectivity index (χ4n) is 3.07. The minimum atomic E-state index is -0.241. The zero-order valence-corrected chi connectivity index (χ0v) is 16.3. The van der Waals surface area contributed by atoms with Crippen LogP contribution in [0.25, 0.3) is 11.3 Å². The highest BCUT2D eigenvalue weighted by Gasteiger charge is 2.25. The maximum absolute atomic E-state index is 12.3. The molecule has 0 unspecified atom stereocenters. The molecule has 128 valence electrons. The second-order valence-corrected chi connectivity index (χ2v) is 8.07. The van der Waals surface area contributed by atoms with Gasteiger partial charge in [-0.1, -0.05) is 40.9 Å². The smallest absolute Gasteiger partial charge is 0.410 e. The van der Waals surface area contributed by atoms with Crippen LogP contribution in [0.15, 0.2) is 28.7 Å². The third kappa shape index (κ3) is 3.81. The van der Waals surface area contributed by atoms with Crippen molar-refractivity contribution in [2.75, 3.05) is 7.05 Å². The number of aryl methyl sites for hydroxylation is 1. The molecule has 2 aromatic rings. The number of ether oxygens (including phenoxy) is 1. The van der Waals surface area contributed by atoms with Crippen molar-refractivity contribution in [2.45, 2.75) is 45.3 Å². The number of aromatic nitrogens is 1. The Balaban J connectivity index is 1.70. The van der Waals surface area contributed by atoms with E-state index >= 15 is 0 Å². The van der Waals surface area contributed by atoms with Gasteiger partial charge in [-0.05, 0) is 43.4 Å². The van der Waals surface area contributed by atoms with Gasteiger partial charge in [0.1, 0.15) is 6.61 Å². The molecule has 1 fully saturated rings. The van der Waals surface area contributed by atoms with Crippen LogP contribution in [0.4, 0.5) is 4.79 Å². The number of hydrogen-bond acceptors (Lipinski definition) is 4. The van der Waals surface area contributed by atoms with Crippen molar-refractivity contribution >= 4 is 33.6 Å². The largest absolute Gasteiger partial charge is 0.444 e. The Morgan fingerprint density at radius 2 is 2.00 bits per heavy atom. The van der Waals surface area contributed by atoms with Crippen molar-refractivity contribution in [2.24, 2.45) is 0 Å². The van der Waals surface area contributed by atoms with Crippen LogP contribution >= 0.6 is 27.5 Å². The summed E-state index contributed by atoms with van der Waals surface area (Å²) in [5, 5.41) is 0. The zero-order chi connectivity index (χ0) is 17.1. The van der Waals surface area contributed by atoms with Crippen LogP contribution in [0, 0.1) is 6.92 Å². The summed E-state index contributed by atoms with van der Waals surface area (Å²) in [4.78, 5) is 15.1. The van der Waals surface area contributed by atoms with Gasteiger partial charge < -0.3 is 9.64 Å². The lowest BCUT2D eigenvalue weighted by atomic mass is 10.1. The quantitative estimate of drug-likeness (QED) is 0.680. The summed E-state index contributed by atoms with van der Waals surface area (Å²) in [6.45, 7) is 2.29. The molecule has 1 aliphatic rings. The number of hydrogen-bond donors (Lipinski definition) is 0. The summed E-state index contributed by atoms with van der Waals surface area (Å²) >= 11 is 4.90. The van der Waals surface area contributed by atoms with E-state index in [2.05, 4.69) is 20.3 Å². The Hall–Kier alpha value is -1.40. The first-order valence-electron chi connectivity index (χ1n) is 8.17. The molecule has 0 saturated heterocycles. The van der Waals surface area contributed by atoms with E-state index < -0.39 is 0 Å². The normalized spacial score (nSPS) is 14.8. The third-order valence-corrected chi connectivity index (χ3v) is 5.93. The molecule has 24 heavy (non-hydrogen) atoms. The maximum atomic E-state index is 12.3. The standard InChI is InChI=1S/C18H21BrN2O2S/c1-12-16(11-23-18(22)21(2)15-5-3-4-6-15)17(20-24-12)13-7-9-14(19)10-8-13/h7-10,15H,3-6,11H2,1-2H3. The Kier molecular flexibility index (Phi) is 5.56. The first-order chi connectivity index (χ1) is 11.6. The number of halogens is 1. The number of carbonyl (C=O) groups excluding carboxylic acids is 1. The average molecular weight is 409 g/mol. The third-order valence-electron chi connectivity index (χ3n) is 4.60. The lowest BCUT2D eigenvalue weighted by molar-refractivity contribution is 0.0918. The topological polar surface area (TPSA) is 42.4 Å². The van der Waals surface area contributed by atoms with Crippen molar-refractivity contribution in [3.05, 3.63) is 39.2 Å². The first kappa shape index (κ1) is 17.4. The fraction of sp³-hybridized carbons (Fsp3) is 0.444. The van der Waals surface area contributed by atoms with Crippen molar-refractivity contribution in [1.29, 1.82) is 0 Å². The molecule has 0 bridgehead atoms.